The minimum atomic E-state index is -0.373. The van der Waals surface area contributed by atoms with Gasteiger partial charge in [0.05, 0.1) is 10.9 Å². The van der Waals surface area contributed by atoms with Crippen LogP contribution in [0.3, 0.4) is 0 Å². The topological polar surface area (TPSA) is 72.7 Å². The number of para-hydroxylation sites is 1. The molecule has 0 saturated heterocycles. The maximum absolute atomic E-state index is 12.9. The smallest absolute Gasteiger partial charge is 0.237 e. The van der Waals surface area contributed by atoms with Gasteiger partial charge in [-0.05, 0) is 55.7 Å². The average Bonchev–Trinajstić information content (AvgIpc) is 3.24. The summed E-state index contributed by atoms with van der Waals surface area (Å²) in [5, 5.41) is 12.2. The molecule has 0 fully saturated rings. The first-order chi connectivity index (χ1) is 15.9. The van der Waals surface area contributed by atoms with Crippen LogP contribution in [-0.4, -0.2) is 30.9 Å². The Labute approximate surface area is 198 Å². The predicted molar refractivity (Wildman–Crippen MR) is 134 cm³/mol. The van der Waals surface area contributed by atoms with Gasteiger partial charge >= 0.3 is 0 Å². The lowest BCUT2D eigenvalue weighted by Crippen LogP contribution is -2.23. The molecule has 0 saturated carbocycles. The summed E-state index contributed by atoms with van der Waals surface area (Å²) in [4.78, 5) is 17.2. The van der Waals surface area contributed by atoms with E-state index >= 15 is 0 Å². The number of aromatic nitrogens is 4. The van der Waals surface area contributed by atoms with Crippen LogP contribution in [0.2, 0.25) is 0 Å². The first kappa shape index (κ1) is 22.7. The van der Waals surface area contributed by atoms with Gasteiger partial charge in [0.15, 0.2) is 11.0 Å². The normalized spacial score (nSPS) is 12.0. The Hall–Kier alpha value is -3.45. The second-order valence-electron chi connectivity index (χ2n) is 8.21. The lowest BCUT2D eigenvalue weighted by atomic mass is 10.0. The first-order valence-corrected chi connectivity index (χ1v) is 11.8. The van der Waals surface area contributed by atoms with Crippen LogP contribution in [-0.2, 0) is 4.79 Å². The molecular formula is C26H27N5OS. The summed E-state index contributed by atoms with van der Waals surface area (Å²) < 4.78 is 2.03. The largest absolute Gasteiger partial charge is 0.325 e. The number of nitrogens with zero attached hydrogens (tertiary/aromatic N) is 4. The maximum atomic E-state index is 12.9. The van der Waals surface area contributed by atoms with E-state index in [1.165, 1.54) is 17.3 Å². The van der Waals surface area contributed by atoms with E-state index in [4.69, 9.17) is 0 Å². The Morgan fingerprint density at radius 3 is 2.42 bits per heavy atom. The van der Waals surface area contributed by atoms with E-state index < -0.39 is 0 Å². The highest BCUT2D eigenvalue weighted by molar-refractivity contribution is 8.00. The molecule has 0 aliphatic carbocycles. The highest BCUT2D eigenvalue weighted by atomic mass is 32.2. The fraction of sp³-hybridized carbons (Fsp3) is 0.231. The van der Waals surface area contributed by atoms with E-state index in [1.54, 1.807) is 12.4 Å². The number of hydrogen-bond donors (Lipinski definition) is 1. The molecule has 1 amide bonds. The van der Waals surface area contributed by atoms with Crippen molar-refractivity contribution in [1.82, 2.24) is 19.7 Å². The molecule has 33 heavy (non-hydrogen) atoms. The SMILES string of the molecule is Cc1ccc(NC(=O)C(C)Sc2nnc(-c3cccnc3)n2-c2ccccc2C(C)C)cc1. The average molecular weight is 458 g/mol. The van der Waals surface area contributed by atoms with Gasteiger partial charge < -0.3 is 5.32 Å². The number of pyridine rings is 1. The lowest BCUT2D eigenvalue weighted by molar-refractivity contribution is -0.115. The fourth-order valence-corrected chi connectivity index (χ4v) is 4.38. The van der Waals surface area contributed by atoms with Gasteiger partial charge in [0, 0.05) is 23.6 Å². The third kappa shape index (κ3) is 5.14. The van der Waals surface area contributed by atoms with E-state index in [1.807, 2.05) is 66.9 Å². The Bertz CT molecular complexity index is 1240. The van der Waals surface area contributed by atoms with E-state index in [9.17, 15) is 4.79 Å². The monoisotopic (exact) mass is 457 g/mol. The van der Waals surface area contributed by atoms with Crippen molar-refractivity contribution in [3.8, 4) is 17.1 Å². The molecule has 1 atom stereocenters. The van der Waals surface area contributed by atoms with Crippen molar-refractivity contribution in [3.05, 3.63) is 84.2 Å². The second kappa shape index (κ2) is 10.0. The molecule has 0 radical (unpaired) electrons. The van der Waals surface area contributed by atoms with Crippen molar-refractivity contribution in [2.24, 2.45) is 0 Å². The van der Waals surface area contributed by atoms with Crippen LogP contribution in [0.1, 0.15) is 37.8 Å². The van der Waals surface area contributed by atoms with Gasteiger partial charge in [-0.1, -0.05) is 61.5 Å². The molecule has 2 heterocycles. The zero-order chi connectivity index (χ0) is 23.4. The summed E-state index contributed by atoms with van der Waals surface area (Å²) in [5.74, 6) is 0.925. The van der Waals surface area contributed by atoms with Gasteiger partial charge in [-0.15, -0.1) is 10.2 Å². The quantitative estimate of drug-likeness (QED) is 0.351. The number of aryl methyl sites for hydroxylation is 1. The molecule has 168 valence electrons. The van der Waals surface area contributed by atoms with Gasteiger partial charge in [-0.25, -0.2) is 0 Å². The number of thioether (sulfide) groups is 1. The van der Waals surface area contributed by atoms with E-state index in [0.717, 1.165) is 22.5 Å². The van der Waals surface area contributed by atoms with Crippen molar-refractivity contribution in [2.75, 3.05) is 5.32 Å². The highest BCUT2D eigenvalue weighted by Crippen LogP contribution is 2.33. The van der Waals surface area contributed by atoms with Crippen LogP contribution < -0.4 is 5.32 Å². The molecule has 1 N–H and O–H groups in total. The van der Waals surface area contributed by atoms with Gasteiger partial charge in [-0.2, -0.15) is 0 Å². The van der Waals surface area contributed by atoms with Crippen LogP contribution in [0.5, 0.6) is 0 Å². The third-order valence-electron chi connectivity index (χ3n) is 5.32. The molecule has 0 aliphatic heterocycles. The number of rotatable bonds is 7. The summed E-state index contributed by atoms with van der Waals surface area (Å²) in [6.07, 6.45) is 3.51. The molecule has 4 aromatic rings. The van der Waals surface area contributed by atoms with Crippen molar-refractivity contribution < 1.29 is 4.79 Å². The van der Waals surface area contributed by atoms with Gasteiger partial charge in [0.1, 0.15) is 0 Å². The molecule has 0 spiro atoms. The predicted octanol–water partition coefficient (Wildman–Crippen LogP) is 5.88. The standard InChI is InChI=1S/C26H27N5OS/c1-17(2)22-9-5-6-10-23(22)31-24(20-8-7-15-27-16-20)29-30-26(31)33-19(4)25(32)28-21-13-11-18(3)12-14-21/h5-17,19H,1-4H3,(H,28,32). The summed E-state index contributed by atoms with van der Waals surface area (Å²) in [6.45, 7) is 8.23. The Balaban J connectivity index is 1.69. The first-order valence-electron chi connectivity index (χ1n) is 10.9. The van der Waals surface area contributed by atoms with Crippen molar-refractivity contribution in [1.29, 1.82) is 0 Å². The third-order valence-corrected chi connectivity index (χ3v) is 6.37. The van der Waals surface area contributed by atoms with E-state index in [0.29, 0.717) is 16.9 Å². The number of carbonyl (C=O) groups excluding carboxylic acids is 1. The fourth-order valence-electron chi connectivity index (χ4n) is 3.52. The summed E-state index contributed by atoms with van der Waals surface area (Å²) in [5.41, 5.74) is 4.98. The zero-order valence-corrected chi connectivity index (χ0v) is 20.0. The number of carbonyl (C=O) groups is 1. The minimum absolute atomic E-state index is 0.0847. The summed E-state index contributed by atoms with van der Waals surface area (Å²) >= 11 is 1.39. The molecule has 0 bridgehead atoms. The molecule has 4 rings (SSSR count). The summed E-state index contributed by atoms with van der Waals surface area (Å²) in [7, 11) is 0. The Morgan fingerprint density at radius 2 is 1.73 bits per heavy atom. The molecule has 2 aromatic heterocycles. The van der Waals surface area contributed by atoms with Crippen molar-refractivity contribution in [2.45, 2.75) is 44.0 Å². The van der Waals surface area contributed by atoms with Crippen LogP contribution in [0.25, 0.3) is 17.1 Å². The van der Waals surface area contributed by atoms with Crippen LogP contribution in [0.4, 0.5) is 5.69 Å². The van der Waals surface area contributed by atoms with Gasteiger partial charge in [0.25, 0.3) is 0 Å². The van der Waals surface area contributed by atoms with Gasteiger partial charge in [-0.3, -0.25) is 14.3 Å². The van der Waals surface area contributed by atoms with Crippen LogP contribution in [0.15, 0.2) is 78.2 Å². The number of nitrogens with one attached hydrogen (secondary N) is 1. The van der Waals surface area contributed by atoms with E-state index in [2.05, 4.69) is 46.5 Å². The van der Waals surface area contributed by atoms with Crippen LogP contribution in [0, 0.1) is 6.92 Å². The summed E-state index contributed by atoms with van der Waals surface area (Å²) in [6, 6.07) is 19.9. The zero-order valence-electron chi connectivity index (χ0n) is 19.2. The minimum Gasteiger partial charge on any atom is -0.325 e. The molecule has 0 aliphatic rings. The molecule has 1 unspecified atom stereocenters. The number of anilines is 1. The molecule has 2 aromatic carbocycles. The van der Waals surface area contributed by atoms with Gasteiger partial charge in [0.2, 0.25) is 5.91 Å². The van der Waals surface area contributed by atoms with Crippen LogP contribution >= 0.6 is 11.8 Å². The number of benzene rings is 2. The Morgan fingerprint density at radius 1 is 0.970 bits per heavy atom. The van der Waals surface area contributed by atoms with E-state index in [-0.39, 0.29) is 11.2 Å². The van der Waals surface area contributed by atoms with Crippen molar-refractivity contribution in [3.63, 3.8) is 0 Å². The molecule has 6 nitrogen and oxygen atoms in total. The number of hydrogen-bond acceptors (Lipinski definition) is 5. The molecule has 7 heteroatoms. The molecular weight excluding hydrogens is 430 g/mol. The number of amides is 1. The highest BCUT2D eigenvalue weighted by Gasteiger charge is 2.23. The Kier molecular flexibility index (Phi) is 6.89. The van der Waals surface area contributed by atoms with Crippen molar-refractivity contribution >= 4 is 23.4 Å². The maximum Gasteiger partial charge on any atom is 0.237 e. The lowest BCUT2D eigenvalue weighted by Gasteiger charge is -2.18. The second-order valence-corrected chi connectivity index (χ2v) is 9.52.